The predicted octanol–water partition coefficient (Wildman–Crippen LogP) is 7.25. The summed E-state index contributed by atoms with van der Waals surface area (Å²) in [6.07, 6.45) is -7.17. The average Bonchev–Trinajstić information content (AvgIpc) is 3.68. The smallest absolute Gasteiger partial charge is 0.406 e. The van der Waals surface area contributed by atoms with Crippen molar-refractivity contribution in [1.29, 1.82) is 0 Å². The van der Waals surface area contributed by atoms with Crippen LogP contribution >= 0.6 is 0 Å². The third-order valence-corrected chi connectivity index (χ3v) is 7.20. The predicted molar refractivity (Wildman–Crippen MR) is 136 cm³/mol. The summed E-state index contributed by atoms with van der Waals surface area (Å²) in [5.74, 6) is -0.449. The van der Waals surface area contributed by atoms with Gasteiger partial charge >= 0.3 is 12.5 Å². The van der Waals surface area contributed by atoms with Gasteiger partial charge < -0.3 is 9.64 Å². The van der Waals surface area contributed by atoms with Crippen molar-refractivity contribution in [3.8, 4) is 5.75 Å². The molecule has 2 atom stereocenters. The van der Waals surface area contributed by atoms with Crippen LogP contribution in [0.2, 0.25) is 0 Å². The number of amides is 1. The maximum Gasteiger partial charge on any atom is 0.573 e. The number of pyridine rings is 1. The number of benzene rings is 2. The Bertz CT molecular complexity index is 1380. The Morgan fingerprint density at radius 2 is 1.60 bits per heavy atom. The summed E-state index contributed by atoms with van der Waals surface area (Å²) in [4.78, 5) is 19.9. The number of anilines is 1. The molecule has 11 heteroatoms. The summed E-state index contributed by atoms with van der Waals surface area (Å²) in [6.45, 7) is 3.76. The standard InChI is InChI=1S/C29H27F6N3O2/c1-27(2,25-8-4-7-22(36-25)17-9-10-17)37-23-16-24(18-5-3-6-21(15-18)40-29(33,34)35)38(26(23)39)20-13-11-19(12-14-20)28(30,31)32/h3-8,11-15,17,23-24,37H,9-10,16H2,1-2H3/t23-,24-/m1/s1. The van der Waals surface area contributed by atoms with Crippen molar-refractivity contribution in [1.82, 2.24) is 10.3 Å². The molecular weight excluding hydrogens is 536 g/mol. The number of hydrogen-bond donors (Lipinski definition) is 1. The summed E-state index contributed by atoms with van der Waals surface area (Å²) in [6, 6.07) is 13.6. The Hall–Kier alpha value is -3.60. The zero-order valence-electron chi connectivity index (χ0n) is 21.7. The Balaban J connectivity index is 1.47. The Kier molecular flexibility index (Phi) is 7.06. The molecule has 5 nitrogen and oxygen atoms in total. The largest absolute Gasteiger partial charge is 0.573 e. The summed E-state index contributed by atoms with van der Waals surface area (Å²) in [7, 11) is 0. The van der Waals surface area contributed by atoms with E-state index >= 15 is 0 Å². The van der Waals surface area contributed by atoms with Crippen molar-refractivity contribution >= 4 is 11.6 Å². The minimum atomic E-state index is -4.91. The maximum atomic E-state index is 13.8. The lowest BCUT2D eigenvalue weighted by Crippen LogP contribution is -2.48. The molecule has 212 valence electrons. The highest BCUT2D eigenvalue weighted by molar-refractivity contribution is 6.00. The lowest BCUT2D eigenvalue weighted by atomic mass is 9.96. The first-order chi connectivity index (χ1) is 18.7. The van der Waals surface area contributed by atoms with Crippen LogP contribution in [0.4, 0.5) is 32.0 Å². The van der Waals surface area contributed by atoms with E-state index in [0.717, 1.165) is 42.4 Å². The fraction of sp³-hybridized carbons (Fsp3) is 0.379. The molecule has 0 bridgehead atoms. The molecule has 0 unspecified atom stereocenters. The monoisotopic (exact) mass is 563 g/mol. The summed E-state index contributed by atoms with van der Waals surface area (Å²) >= 11 is 0. The first-order valence-electron chi connectivity index (χ1n) is 12.8. The molecule has 0 radical (unpaired) electrons. The molecule has 1 saturated carbocycles. The van der Waals surface area contributed by atoms with Crippen LogP contribution in [0.3, 0.4) is 0 Å². The highest BCUT2D eigenvalue weighted by Gasteiger charge is 2.44. The van der Waals surface area contributed by atoms with Gasteiger partial charge in [-0.1, -0.05) is 18.2 Å². The molecule has 1 N–H and O–H groups in total. The number of nitrogens with one attached hydrogen (secondary N) is 1. The van der Waals surface area contributed by atoms with E-state index in [0.29, 0.717) is 11.5 Å². The normalized spacial score (nSPS) is 20.2. The number of aromatic nitrogens is 1. The van der Waals surface area contributed by atoms with Gasteiger partial charge in [0.25, 0.3) is 0 Å². The van der Waals surface area contributed by atoms with Crippen LogP contribution in [0.15, 0.2) is 66.7 Å². The van der Waals surface area contributed by atoms with Crippen molar-refractivity contribution in [3.63, 3.8) is 0 Å². The van der Waals surface area contributed by atoms with Gasteiger partial charge in [0.15, 0.2) is 0 Å². The molecule has 1 aromatic heterocycles. The van der Waals surface area contributed by atoms with Crippen molar-refractivity contribution in [3.05, 3.63) is 89.2 Å². The van der Waals surface area contributed by atoms with E-state index < -0.39 is 47.4 Å². The van der Waals surface area contributed by atoms with Gasteiger partial charge in [-0.25, -0.2) is 0 Å². The van der Waals surface area contributed by atoms with Gasteiger partial charge in [-0.2, -0.15) is 13.2 Å². The number of alkyl halides is 6. The highest BCUT2D eigenvalue weighted by Crippen LogP contribution is 2.42. The summed E-state index contributed by atoms with van der Waals surface area (Å²) in [5.41, 5.74) is 0.628. The van der Waals surface area contributed by atoms with Gasteiger partial charge in [0.05, 0.1) is 28.9 Å². The number of carbonyl (C=O) groups excluding carboxylic acids is 1. The maximum absolute atomic E-state index is 13.8. The number of nitrogens with zero attached hydrogens (tertiary/aromatic N) is 2. The number of hydrogen-bond acceptors (Lipinski definition) is 4. The van der Waals surface area contributed by atoms with Crippen LogP contribution in [-0.4, -0.2) is 23.3 Å². The van der Waals surface area contributed by atoms with E-state index in [1.54, 1.807) is 6.07 Å². The minimum Gasteiger partial charge on any atom is -0.406 e. The van der Waals surface area contributed by atoms with Crippen LogP contribution in [0, 0.1) is 0 Å². The van der Waals surface area contributed by atoms with Gasteiger partial charge in [0.2, 0.25) is 5.91 Å². The number of halogens is 6. The van der Waals surface area contributed by atoms with Crippen molar-refractivity contribution < 1.29 is 35.9 Å². The minimum absolute atomic E-state index is 0.154. The quantitative estimate of drug-likeness (QED) is 0.308. The Morgan fingerprint density at radius 1 is 0.925 bits per heavy atom. The van der Waals surface area contributed by atoms with Crippen molar-refractivity contribution in [2.45, 2.75) is 69.2 Å². The van der Waals surface area contributed by atoms with E-state index in [2.05, 4.69) is 10.1 Å². The second kappa shape index (κ2) is 10.1. The molecule has 5 rings (SSSR count). The lowest BCUT2D eigenvalue weighted by molar-refractivity contribution is -0.274. The van der Waals surface area contributed by atoms with Gasteiger partial charge in [-0.15, -0.1) is 13.2 Å². The van der Waals surface area contributed by atoms with E-state index in [-0.39, 0.29) is 12.1 Å². The molecule has 2 heterocycles. The molecule has 2 aromatic carbocycles. The summed E-state index contributed by atoms with van der Waals surface area (Å²) in [5, 5.41) is 3.35. The number of rotatable bonds is 7. The average molecular weight is 564 g/mol. The zero-order chi connectivity index (χ0) is 28.9. The van der Waals surface area contributed by atoms with Gasteiger partial charge in [-0.3, -0.25) is 15.1 Å². The van der Waals surface area contributed by atoms with Crippen molar-refractivity contribution in [2.24, 2.45) is 0 Å². The van der Waals surface area contributed by atoms with Gasteiger partial charge in [-0.05, 0) is 87.2 Å². The van der Waals surface area contributed by atoms with Gasteiger partial charge in [0, 0.05) is 17.3 Å². The van der Waals surface area contributed by atoms with E-state index in [9.17, 15) is 31.1 Å². The molecule has 1 aliphatic heterocycles. The molecule has 40 heavy (non-hydrogen) atoms. The Labute approximate surface area is 227 Å². The van der Waals surface area contributed by atoms with Crippen LogP contribution in [0.1, 0.15) is 67.6 Å². The van der Waals surface area contributed by atoms with Crippen LogP contribution in [0.5, 0.6) is 5.75 Å². The third kappa shape index (κ3) is 6.09. The second-order valence-corrected chi connectivity index (χ2v) is 10.7. The third-order valence-electron chi connectivity index (χ3n) is 7.20. The number of carbonyl (C=O) groups is 1. The van der Waals surface area contributed by atoms with Crippen molar-refractivity contribution in [2.75, 3.05) is 4.90 Å². The fourth-order valence-corrected chi connectivity index (χ4v) is 5.11. The van der Waals surface area contributed by atoms with Gasteiger partial charge in [0.1, 0.15) is 5.75 Å². The van der Waals surface area contributed by atoms with Crippen LogP contribution in [0.25, 0.3) is 0 Å². The van der Waals surface area contributed by atoms with E-state index in [4.69, 9.17) is 4.98 Å². The van der Waals surface area contributed by atoms with Crippen LogP contribution < -0.4 is 15.0 Å². The molecule has 2 aliphatic rings. The molecule has 3 aromatic rings. The highest BCUT2D eigenvalue weighted by atomic mass is 19.4. The molecule has 1 saturated heterocycles. The zero-order valence-corrected chi connectivity index (χ0v) is 21.7. The topological polar surface area (TPSA) is 54.5 Å². The molecule has 2 fully saturated rings. The summed E-state index contributed by atoms with van der Waals surface area (Å²) < 4.78 is 82.3. The van der Waals surface area contributed by atoms with E-state index in [1.165, 1.54) is 29.2 Å². The first kappa shape index (κ1) is 27.9. The number of ether oxygens (including phenoxy) is 1. The lowest BCUT2D eigenvalue weighted by Gasteiger charge is -2.29. The molecular formula is C29H27F6N3O2. The SMILES string of the molecule is CC(C)(N[C@@H]1C[C@H](c2cccc(OC(F)(F)F)c2)N(c2ccc(C(F)(F)F)cc2)C1=O)c1cccc(C2CC2)n1. The molecule has 1 aliphatic carbocycles. The second-order valence-electron chi connectivity index (χ2n) is 10.7. The van der Waals surface area contributed by atoms with E-state index in [1.807, 2.05) is 32.0 Å². The Morgan fingerprint density at radius 3 is 2.23 bits per heavy atom. The van der Waals surface area contributed by atoms with Crippen LogP contribution in [-0.2, 0) is 16.5 Å². The first-order valence-corrected chi connectivity index (χ1v) is 12.8. The molecule has 1 amide bonds. The fourth-order valence-electron chi connectivity index (χ4n) is 5.11. The molecule has 0 spiro atoms.